The Morgan fingerprint density at radius 1 is 1.56 bits per heavy atom. The average molecular weight is 222 g/mol. The molecule has 4 nitrogen and oxygen atoms in total. The minimum Gasteiger partial charge on any atom is -0.345 e. The zero-order valence-electron chi connectivity index (χ0n) is 10.2. The number of aromatic amines is 1. The lowest BCUT2D eigenvalue weighted by molar-refractivity contribution is 0.253. The maximum absolute atomic E-state index is 5.64. The fraction of sp³-hybridized carbons (Fsp3) is 0.750. The highest BCUT2D eigenvalue weighted by atomic mass is 15.1. The molecule has 1 fully saturated rings. The van der Waals surface area contributed by atoms with Gasteiger partial charge in [-0.3, -0.25) is 0 Å². The van der Waals surface area contributed by atoms with E-state index >= 15 is 0 Å². The minimum atomic E-state index is 0.333. The maximum Gasteiger partial charge on any atom is 0.110 e. The summed E-state index contributed by atoms with van der Waals surface area (Å²) < 4.78 is 0. The van der Waals surface area contributed by atoms with E-state index in [4.69, 9.17) is 5.73 Å². The van der Waals surface area contributed by atoms with Gasteiger partial charge in [-0.1, -0.05) is 6.92 Å². The Bertz CT molecular complexity index is 326. The van der Waals surface area contributed by atoms with Crippen molar-refractivity contribution in [1.29, 1.82) is 0 Å². The van der Waals surface area contributed by atoms with Crippen LogP contribution in [0.4, 0.5) is 0 Å². The van der Waals surface area contributed by atoms with Crippen molar-refractivity contribution in [2.75, 3.05) is 26.7 Å². The third kappa shape index (κ3) is 2.44. The first-order valence-electron chi connectivity index (χ1n) is 6.14. The Hall–Kier alpha value is -0.870. The van der Waals surface area contributed by atoms with E-state index < -0.39 is 0 Å². The van der Waals surface area contributed by atoms with Crippen LogP contribution >= 0.6 is 0 Å². The van der Waals surface area contributed by atoms with Gasteiger partial charge in [0, 0.05) is 30.3 Å². The largest absolute Gasteiger partial charge is 0.345 e. The van der Waals surface area contributed by atoms with Crippen molar-refractivity contribution < 1.29 is 0 Å². The second kappa shape index (κ2) is 4.97. The molecule has 1 aromatic heterocycles. The van der Waals surface area contributed by atoms with Crippen LogP contribution in [-0.2, 0) is 0 Å². The van der Waals surface area contributed by atoms with Gasteiger partial charge in [0.25, 0.3) is 0 Å². The van der Waals surface area contributed by atoms with Crippen LogP contribution in [0, 0.1) is 0 Å². The number of aromatic nitrogens is 2. The van der Waals surface area contributed by atoms with Crippen LogP contribution in [0.25, 0.3) is 0 Å². The fourth-order valence-electron chi connectivity index (χ4n) is 2.24. The molecule has 1 aliphatic rings. The van der Waals surface area contributed by atoms with Crippen molar-refractivity contribution in [3.05, 3.63) is 17.7 Å². The van der Waals surface area contributed by atoms with E-state index in [9.17, 15) is 0 Å². The summed E-state index contributed by atoms with van der Waals surface area (Å²) in [6.45, 7) is 5.13. The highest BCUT2D eigenvalue weighted by Crippen LogP contribution is 2.26. The SMILES string of the molecule is CC(CN)c1ncc(C2CCN(C)CC2)[nH]1. The molecule has 16 heavy (non-hydrogen) atoms. The van der Waals surface area contributed by atoms with Crippen LogP contribution in [0.1, 0.15) is 43.1 Å². The van der Waals surface area contributed by atoms with Gasteiger partial charge in [-0.25, -0.2) is 4.98 Å². The Morgan fingerprint density at radius 2 is 2.25 bits per heavy atom. The molecule has 0 radical (unpaired) electrons. The first kappa shape index (κ1) is 11.6. The molecular weight excluding hydrogens is 200 g/mol. The summed E-state index contributed by atoms with van der Waals surface area (Å²) in [6.07, 6.45) is 4.46. The molecule has 90 valence electrons. The number of hydrogen-bond acceptors (Lipinski definition) is 3. The number of H-pyrrole nitrogens is 1. The Kier molecular flexibility index (Phi) is 3.61. The molecular formula is C12H22N4. The number of nitrogens with two attached hydrogens (primary N) is 1. The van der Waals surface area contributed by atoms with Crippen LogP contribution in [-0.4, -0.2) is 41.5 Å². The monoisotopic (exact) mass is 222 g/mol. The van der Waals surface area contributed by atoms with Gasteiger partial charge in [0.05, 0.1) is 0 Å². The van der Waals surface area contributed by atoms with Gasteiger partial charge < -0.3 is 15.6 Å². The number of hydrogen-bond donors (Lipinski definition) is 2. The van der Waals surface area contributed by atoms with E-state index in [0.29, 0.717) is 18.4 Å². The number of piperidine rings is 1. The number of rotatable bonds is 3. The van der Waals surface area contributed by atoms with Crippen LogP contribution in [0.3, 0.4) is 0 Å². The predicted octanol–water partition coefficient (Wildman–Crippen LogP) is 1.28. The zero-order valence-corrected chi connectivity index (χ0v) is 10.2. The first-order valence-corrected chi connectivity index (χ1v) is 6.14. The number of nitrogens with one attached hydrogen (secondary N) is 1. The highest BCUT2D eigenvalue weighted by molar-refractivity contribution is 5.11. The van der Waals surface area contributed by atoms with E-state index in [1.54, 1.807) is 0 Å². The summed E-state index contributed by atoms with van der Waals surface area (Å²) in [4.78, 5) is 10.3. The Balaban J connectivity index is 2.01. The summed E-state index contributed by atoms with van der Waals surface area (Å²) >= 11 is 0. The van der Waals surface area contributed by atoms with E-state index in [-0.39, 0.29) is 0 Å². The van der Waals surface area contributed by atoms with Crippen LogP contribution in [0.5, 0.6) is 0 Å². The van der Waals surface area contributed by atoms with Crippen molar-refractivity contribution in [1.82, 2.24) is 14.9 Å². The number of imidazole rings is 1. The normalized spacial score (nSPS) is 21.2. The summed E-state index contributed by atoms with van der Waals surface area (Å²) in [5.74, 6) is 2.03. The molecule has 0 aromatic carbocycles. The molecule has 2 rings (SSSR count). The first-order chi connectivity index (χ1) is 7.70. The molecule has 1 unspecified atom stereocenters. The molecule has 1 aromatic rings. The predicted molar refractivity (Wildman–Crippen MR) is 65.5 cm³/mol. The lowest BCUT2D eigenvalue weighted by atomic mass is 9.94. The average Bonchev–Trinajstić information content (AvgIpc) is 2.78. The second-order valence-electron chi connectivity index (χ2n) is 4.94. The molecule has 4 heteroatoms. The van der Waals surface area contributed by atoms with Crippen molar-refractivity contribution in [2.24, 2.45) is 5.73 Å². The van der Waals surface area contributed by atoms with E-state index in [2.05, 4.69) is 28.8 Å². The van der Waals surface area contributed by atoms with Crippen molar-refractivity contribution >= 4 is 0 Å². The maximum atomic E-state index is 5.64. The molecule has 1 saturated heterocycles. The topological polar surface area (TPSA) is 57.9 Å². The van der Waals surface area contributed by atoms with E-state index in [0.717, 1.165) is 5.82 Å². The van der Waals surface area contributed by atoms with E-state index in [1.165, 1.54) is 31.6 Å². The molecule has 3 N–H and O–H groups in total. The lowest BCUT2D eigenvalue weighted by Gasteiger charge is -2.28. The Labute approximate surface area is 97.2 Å². The summed E-state index contributed by atoms with van der Waals surface area (Å²) in [7, 11) is 2.19. The molecule has 0 aliphatic carbocycles. The van der Waals surface area contributed by atoms with Crippen LogP contribution < -0.4 is 5.73 Å². The quantitative estimate of drug-likeness (QED) is 0.810. The van der Waals surface area contributed by atoms with Crippen molar-refractivity contribution in [3.63, 3.8) is 0 Å². The molecule has 2 heterocycles. The summed E-state index contributed by atoms with van der Waals surface area (Å²) in [5, 5.41) is 0. The number of likely N-dealkylation sites (tertiary alicyclic amines) is 1. The molecule has 0 saturated carbocycles. The molecule has 0 bridgehead atoms. The van der Waals surface area contributed by atoms with Gasteiger partial charge in [0.2, 0.25) is 0 Å². The highest BCUT2D eigenvalue weighted by Gasteiger charge is 2.20. The van der Waals surface area contributed by atoms with Gasteiger partial charge in [-0.2, -0.15) is 0 Å². The van der Waals surface area contributed by atoms with Gasteiger partial charge in [-0.05, 0) is 33.0 Å². The van der Waals surface area contributed by atoms with Gasteiger partial charge in [0.15, 0.2) is 0 Å². The fourth-order valence-corrected chi connectivity index (χ4v) is 2.24. The van der Waals surface area contributed by atoms with Gasteiger partial charge in [0.1, 0.15) is 5.82 Å². The standard InChI is InChI=1S/C12H22N4/c1-9(7-13)12-14-8-11(15-12)10-3-5-16(2)6-4-10/h8-10H,3-7,13H2,1-2H3,(H,14,15). The molecule has 1 aliphatic heterocycles. The van der Waals surface area contributed by atoms with Gasteiger partial charge >= 0.3 is 0 Å². The van der Waals surface area contributed by atoms with Crippen LogP contribution in [0.15, 0.2) is 6.20 Å². The molecule has 0 spiro atoms. The molecule has 0 amide bonds. The third-order valence-electron chi connectivity index (χ3n) is 3.59. The molecule has 1 atom stereocenters. The summed E-state index contributed by atoms with van der Waals surface area (Å²) in [6, 6.07) is 0. The smallest absolute Gasteiger partial charge is 0.110 e. The Morgan fingerprint density at radius 3 is 2.88 bits per heavy atom. The van der Waals surface area contributed by atoms with E-state index in [1.807, 2.05) is 6.20 Å². The second-order valence-corrected chi connectivity index (χ2v) is 4.94. The van der Waals surface area contributed by atoms with Crippen molar-refractivity contribution in [2.45, 2.75) is 31.6 Å². The van der Waals surface area contributed by atoms with Crippen LogP contribution in [0.2, 0.25) is 0 Å². The van der Waals surface area contributed by atoms with Crippen molar-refractivity contribution in [3.8, 4) is 0 Å². The zero-order chi connectivity index (χ0) is 11.5. The number of nitrogens with zero attached hydrogens (tertiary/aromatic N) is 2. The lowest BCUT2D eigenvalue weighted by Crippen LogP contribution is -2.29. The van der Waals surface area contributed by atoms with Gasteiger partial charge in [-0.15, -0.1) is 0 Å². The summed E-state index contributed by atoms with van der Waals surface area (Å²) in [5.41, 5.74) is 6.94. The third-order valence-corrected chi connectivity index (χ3v) is 3.59. The minimum absolute atomic E-state index is 0.333.